The van der Waals surface area contributed by atoms with Crippen LogP contribution < -0.4 is 0 Å². The van der Waals surface area contributed by atoms with Crippen molar-refractivity contribution >= 4 is 34.9 Å². The van der Waals surface area contributed by atoms with Crippen LogP contribution in [0.4, 0.5) is 9.59 Å². The van der Waals surface area contributed by atoms with Gasteiger partial charge in [-0.1, -0.05) is 12.1 Å². The van der Waals surface area contributed by atoms with Crippen molar-refractivity contribution < 1.29 is 19.1 Å². The Bertz CT molecular complexity index is 1060. The number of amides is 1. The standard InChI is InChI=1S/C26H36N2O4S/c1-25(2,3)31-23(29)27-13-16(15-33-7)11-19-18-9-8-10-20-22(18)17(12-21(19)27)14-28(20)24(30)32-26(4,5)6/h8-10,14,16,19,21H,11-13,15H2,1-7H3/t16-,19+,21+/m0/s1. The van der Waals surface area contributed by atoms with Crippen LogP contribution in [-0.4, -0.2) is 57.5 Å². The van der Waals surface area contributed by atoms with Crippen LogP contribution in [0.2, 0.25) is 0 Å². The van der Waals surface area contributed by atoms with Crippen LogP contribution in [0.15, 0.2) is 24.4 Å². The summed E-state index contributed by atoms with van der Waals surface area (Å²) >= 11 is 1.82. The zero-order valence-corrected chi connectivity index (χ0v) is 21.6. The number of carbonyl (C=O) groups excluding carboxylic acids is 2. The third-order valence-corrected chi connectivity index (χ3v) is 7.10. The fraction of sp³-hybridized carbons (Fsp3) is 0.615. The number of benzene rings is 1. The number of rotatable bonds is 2. The van der Waals surface area contributed by atoms with Gasteiger partial charge < -0.3 is 14.4 Å². The Kier molecular flexibility index (Phi) is 6.23. The molecule has 1 aliphatic carbocycles. The Morgan fingerprint density at radius 1 is 1.06 bits per heavy atom. The molecule has 180 valence electrons. The predicted octanol–water partition coefficient (Wildman–Crippen LogP) is 6.05. The maximum atomic E-state index is 13.3. The molecule has 0 N–H and O–H groups in total. The zero-order chi connectivity index (χ0) is 24.1. The van der Waals surface area contributed by atoms with Gasteiger partial charge in [0.05, 0.1) is 5.52 Å². The van der Waals surface area contributed by atoms with E-state index in [0.717, 1.165) is 28.6 Å². The second-order valence-electron chi connectivity index (χ2n) is 11.3. The maximum absolute atomic E-state index is 13.3. The number of piperidine rings is 1. The summed E-state index contributed by atoms with van der Waals surface area (Å²) in [6.07, 6.45) is 5.14. The number of ether oxygens (including phenoxy) is 2. The molecule has 4 rings (SSSR count). The van der Waals surface area contributed by atoms with Crippen LogP contribution in [-0.2, 0) is 15.9 Å². The SMILES string of the molecule is CSC[C@H]1C[C@@H]2c3cccc4c3c(cn4C(=O)OC(C)(C)C)C[C@H]2N(C(=O)OC(C)(C)C)C1. The maximum Gasteiger partial charge on any atom is 0.419 e. The molecule has 1 aromatic carbocycles. The summed E-state index contributed by atoms with van der Waals surface area (Å²) in [5.41, 5.74) is 2.08. The van der Waals surface area contributed by atoms with Gasteiger partial charge >= 0.3 is 12.2 Å². The summed E-state index contributed by atoms with van der Waals surface area (Å²) in [6.45, 7) is 12.1. The van der Waals surface area contributed by atoms with E-state index in [0.29, 0.717) is 18.9 Å². The average Bonchev–Trinajstić information content (AvgIpc) is 3.06. The molecule has 2 aromatic rings. The summed E-state index contributed by atoms with van der Waals surface area (Å²) in [6, 6.07) is 6.18. The van der Waals surface area contributed by atoms with E-state index in [1.54, 1.807) is 4.57 Å². The van der Waals surface area contributed by atoms with Crippen LogP contribution in [0.25, 0.3) is 10.9 Å². The Labute approximate surface area is 201 Å². The fourth-order valence-corrected chi connectivity index (χ4v) is 5.96. The number of nitrogens with zero attached hydrogens (tertiary/aromatic N) is 2. The third-order valence-electron chi connectivity index (χ3n) is 6.30. The molecule has 0 saturated carbocycles. The van der Waals surface area contributed by atoms with Crippen molar-refractivity contribution in [3.63, 3.8) is 0 Å². The minimum absolute atomic E-state index is 0.0190. The largest absolute Gasteiger partial charge is 0.444 e. The number of carbonyl (C=O) groups is 2. The average molecular weight is 473 g/mol. The topological polar surface area (TPSA) is 60.8 Å². The lowest BCUT2D eigenvalue weighted by molar-refractivity contribution is -0.000228. The minimum atomic E-state index is -0.571. The number of thioether (sulfide) groups is 1. The molecular weight excluding hydrogens is 436 g/mol. The van der Waals surface area contributed by atoms with Gasteiger partial charge in [-0.25, -0.2) is 9.59 Å². The first-order valence-corrected chi connectivity index (χ1v) is 13.1. The van der Waals surface area contributed by atoms with Crippen molar-refractivity contribution in [2.45, 2.75) is 77.5 Å². The number of hydrogen-bond donors (Lipinski definition) is 0. The fourth-order valence-electron chi connectivity index (χ4n) is 5.24. The van der Waals surface area contributed by atoms with Gasteiger partial charge in [0, 0.05) is 30.1 Å². The molecule has 6 nitrogen and oxygen atoms in total. The highest BCUT2D eigenvalue weighted by Crippen LogP contribution is 2.46. The first kappa shape index (κ1) is 24.0. The lowest BCUT2D eigenvalue weighted by Crippen LogP contribution is -2.54. The second kappa shape index (κ2) is 8.57. The molecule has 1 aliphatic heterocycles. The van der Waals surface area contributed by atoms with E-state index in [2.05, 4.69) is 12.3 Å². The van der Waals surface area contributed by atoms with Gasteiger partial charge in [0.1, 0.15) is 11.2 Å². The highest BCUT2D eigenvalue weighted by atomic mass is 32.2. The Hall–Kier alpha value is -2.15. The van der Waals surface area contributed by atoms with Crippen molar-refractivity contribution in [1.82, 2.24) is 9.47 Å². The van der Waals surface area contributed by atoms with E-state index >= 15 is 0 Å². The van der Waals surface area contributed by atoms with E-state index in [1.807, 2.05) is 76.5 Å². The second-order valence-corrected chi connectivity index (χ2v) is 12.2. The van der Waals surface area contributed by atoms with Crippen molar-refractivity contribution in [2.75, 3.05) is 18.6 Å². The van der Waals surface area contributed by atoms with Gasteiger partial charge in [-0.05, 0) is 89.5 Å². The van der Waals surface area contributed by atoms with Crippen molar-refractivity contribution in [3.05, 3.63) is 35.5 Å². The Balaban J connectivity index is 1.76. The number of aromatic nitrogens is 1. The number of fused-ring (bicyclic) bond motifs is 2. The van der Waals surface area contributed by atoms with Gasteiger partial charge in [-0.15, -0.1) is 0 Å². The molecular formula is C26H36N2O4S. The Morgan fingerprint density at radius 3 is 2.36 bits per heavy atom. The number of likely N-dealkylation sites (tertiary alicyclic amines) is 1. The third kappa shape index (κ3) is 4.88. The highest BCUT2D eigenvalue weighted by molar-refractivity contribution is 7.98. The predicted molar refractivity (Wildman–Crippen MR) is 133 cm³/mol. The molecule has 2 heterocycles. The van der Waals surface area contributed by atoms with Gasteiger partial charge in [-0.3, -0.25) is 4.57 Å². The van der Waals surface area contributed by atoms with Gasteiger partial charge in [0.2, 0.25) is 0 Å². The first-order chi connectivity index (χ1) is 15.4. The minimum Gasteiger partial charge on any atom is -0.444 e. The van der Waals surface area contributed by atoms with E-state index in [4.69, 9.17) is 9.47 Å². The van der Waals surface area contributed by atoms with E-state index in [-0.39, 0.29) is 24.1 Å². The molecule has 0 radical (unpaired) electrons. The molecule has 0 bridgehead atoms. The van der Waals surface area contributed by atoms with Crippen LogP contribution in [0.3, 0.4) is 0 Å². The quantitative estimate of drug-likeness (QED) is 0.532. The summed E-state index contributed by atoms with van der Waals surface area (Å²) in [5, 5.41) is 1.14. The van der Waals surface area contributed by atoms with Crippen LogP contribution in [0, 0.1) is 5.92 Å². The smallest absolute Gasteiger partial charge is 0.419 e. The summed E-state index contributed by atoms with van der Waals surface area (Å²) in [4.78, 5) is 28.2. The van der Waals surface area contributed by atoms with Crippen molar-refractivity contribution in [3.8, 4) is 0 Å². The van der Waals surface area contributed by atoms with Crippen molar-refractivity contribution in [2.24, 2.45) is 5.92 Å². The van der Waals surface area contributed by atoms with Crippen LogP contribution >= 0.6 is 11.8 Å². The molecule has 7 heteroatoms. The monoisotopic (exact) mass is 472 g/mol. The van der Waals surface area contributed by atoms with Gasteiger partial charge in [0.15, 0.2) is 0 Å². The Morgan fingerprint density at radius 2 is 1.73 bits per heavy atom. The molecule has 1 amide bonds. The lowest BCUT2D eigenvalue weighted by atomic mass is 9.72. The summed E-state index contributed by atoms with van der Waals surface area (Å²) < 4.78 is 13.1. The summed E-state index contributed by atoms with van der Waals surface area (Å²) in [7, 11) is 0. The van der Waals surface area contributed by atoms with Crippen molar-refractivity contribution in [1.29, 1.82) is 0 Å². The van der Waals surface area contributed by atoms with E-state index < -0.39 is 11.2 Å². The zero-order valence-electron chi connectivity index (χ0n) is 20.8. The molecule has 1 saturated heterocycles. The van der Waals surface area contributed by atoms with Crippen LogP contribution in [0.5, 0.6) is 0 Å². The number of hydrogen-bond acceptors (Lipinski definition) is 5. The molecule has 0 unspecified atom stereocenters. The van der Waals surface area contributed by atoms with E-state index in [9.17, 15) is 9.59 Å². The molecule has 33 heavy (non-hydrogen) atoms. The summed E-state index contributed by atoms with van der Waals surface area (Å²) in [5.74, 6) is 1.62. The van der Waals surface area contributed by atoms with E-state index in [1.165, 1.54) is 5.56 Å². The van der Waals surface area contributed by atoms with Gasteiger partial charge in [0.25, 0.3) is 0 Å². The highest BCUT2D eigenvalue weighted by Gasteiger charge is 2.44. The lowest BCUT2D eigenvalue weighted by Gasteiger charge is -2.47. The first-order valence-electron chi connectivity index (χ1n) is 11.7. The molecule has 2 aliphatic rings. The van der Waals surface area contributed by atoms with Gasteiger partial charge in [-0.2, -0.15) is 11.8 Å². The molecule has 1 fully saturated rings. The molecule has 0 spiro atoms. The normalized spacial score (nSPS) is 22.8. The molecule has 3 atom stereocenters. The van der Waals surface area contributed by atoms with Crippen LogP contribution in [0.1, 0.15) is 65.0 Å². The molecule has 1 aromatic heterocycles.